The topological polar surface area (TPSA) is 70.0 Å². The summed E-state index contributed by atoms with van der Waals surface area (Å²) in [5, 5.41) is 10.3. The second kappa shape index (κ2) is 10.1. The second-order valence-corrected chi connectivity index (χ2v) is 7.93. The van der Waals surface area contributed by atoms with Crippen molar-refractivity contribution in [3.63, 3.8) is 0 Å². The van der Waals surface area contributed by atoms with E-state index in [2.05, 4.69) is 4.99 Å². The van der Waals surface area contributed by atoms with Gasteiger partial charge in [-0.1, -0.05) is 54.6 Å². The first-order valence-electron chi connectivity index (χ1n) is 10.2. The molecule has 5 heteroatoms. The molecule has 2 aromatic carbocycles. The van der Waals surface area contributed by atoms with Crippen molar-refractivity contribution in [2.24, 2.45) is 10.9 Å². The van der Waals surface area contributed by atoms with Gasteiger partial charge in [0.15, 0.2) is 5.78 Å². The number of carbonyl (C=O) groups is 2. The predicted octanol–water partition coefficient (Wildman–Crippen LogP) is 3.89. The van der Waals surface area contributed by atoms with E-state index in [1.54, 1.807) is 0 Å². The molecule has 0 saturated heterocycles. The summed E-state index contributed by atoms with van der Waals surface area (Å²) in [5.74, 6) is -0.751. The van der Waals surface area contributed by atoms with Gasteiger partial charge in [-0.3, -0.25) is 14.6 Å². The number of benzene rings is 2. The Kier molecular flexibility index (Phi) is 7.31. The lowest BCUT2D eigenvalue weighted by atomic mass is 9.83. The van der Waals surface area contributed by atoms with Gasteiger partial charge in [-0.25, -0.2) is 0 Å². The number of hydrogen-bond donors (Lipinski definition) is 1. The molecule has 0 aliphatic heterocycles. The molecule has 0 amide bonds. The summed E-state index contributed by atoms with van der Waals surface area (Å²) in [4.78, 5) is 31.4. The summed E-state index contributed by atoms with van der Waals surface area (Å²) in [6, 6.07) is 18.0. The minimum absolute atomic E-state index is 0.0223. The molecule has 0 bridgehead atoms. The van der Waals surface area contributed by atoms with Crippen LogP contribution in [0.5, 0.6) is 0 Å². The normalized spacial score (nSPS) is 17.2. The Morgan fingerprint density at radius 1 is 1.07 bits per heavy atom. The fourth-order valence-electron chi connectivity index (χ4n) is 3.49. The zero-order valence-electron chi connectivity index (χ0n) is 17.5. The Hall–Kier alpha value is -3.05. The van der Waals surface area contributed by atoms with Crippen LogP contribution in [0.1, 0.15) is 18.4 Å². The summed E-state index contributed by atoms with van der Waals surface area (Å²) in [6.07, 6.45) is 2.03. The average molecular weight is 405 g/mol. The van der Waals surface area contributed by atoms with Crippen molar-refractivity contribution >= 4 is 17.8 Å². The quantitative estimate of drug-likeness (QED) is 0.678. The number of Topliss-reactive ketones (excluding diaryl/α,β-unsaturated/α-hetero) is 2. The summed E-state index contributed by atoms with van der Waals surface area (Å²) in [5.41, 5.74) is 3.37. The van der Waals surface area contributed by atoms with E-state index in [0.717, 1.165) is 23.2 Å². The van der Waals surface area contributed by atoms with Gasteiger partial charge in [0.25, 0.3) is 0 Å². The van der Waals surface area contributed by atoms with Crippen LogP contribution in [0.25, 0.3) is 11.1 Å². The van der Waals surface area contributed by atoms with E-state index in [1.165, 1.54) is 6.21 Å². The zero-order valence-corrected chi connectivity index (χ0v) is 17.5. The van der Waals surface area contributed by atoms with Crippen LogP contribution in [0.3, 0.4) is 0 Å². The molecule has 0 spiro atoms. The van der Waals surface area contributed by atoms with Crippen molar-refractivity contribution in [2.75, 3.05) is 27.2 Å². The van der Waals surface area contributed by atoms with E-state index in [4.69, 9.17) is 0 Å². The summed E-state index contributed by atoms with van der Waals surface area (Å²) in [6.45, 7) is 1.32. The molecular formula is C25H28N2O3. The molecule has 5 nitrogen and oxygen atoms in total. The number of ketones is 2. The van der Waals surface area contributed by atoms with E-state index in [1.807, 2.05) is 73.6 Å². The third-order valence-electron chi connectivity index (χ3n) is 5.27. The summed E-state index contributed by atoms with van der Waals surface area (Å²) < 4.78 is 0. The number of aliphatic hydroxyl groups excluding tert-OH is 1. The molecule has 30 heavy (non-hydrogen) atoms. The highest BCUT2D eigenvalue weighted by molar-refractivity contribution is 6.15. The predicted molar refractivity (Wildman–Crippen MR) is 120 cm³/mol. The number of allylic oxidation sites excluding steroid dienone is 2. The lowest BCUT2D eigenvalue weighted by Gasteiger charge is -2.21. The summed E-state index contributed by atoms with van der Waals surface area (Å²) in [7, 11) is 3.90. The highest BCUT2D eigenvalue weighted by Gasteiger charge is 2.31. The summed E-state index contributed by atoms with van der Waals surface area (Å²) >= 11 is 0. The SMILES string of the molecule is CN(C)CCN=CC1=C(O)CC(C(=O)Cc2ccc(-c3ccccc3)cc2)CC1=O. The number of carbonyl (C=O) groups excluding carboxylic acids is 2. The van der Waals surface area contributed by atoms with Gasteiger partial charge in [-0.2, -0.15) is 0 Å². The molecule has 3 rings (SSSR count). The van der Waals surface area contributed by atoms with Crippen LogP contribution in [0.2, 0.25) is 0 Å². The van der Waals surface area contributed by atoms with Gasteiger partial charge in [-0.15, -0.1) is 0 Å². The standard InChI is InChI=1S/C25H28N2O3/c1-27(2)13-12-26-17-22-24(29)15-21(16-25(22)30)23(28)14-18-8-10-20(11-9-18)19-6-4-3-5-7-19/h3-11,17,21,29H,12-16H2,1-2H3. The maximum absolute atomic E-state index is 12.7. The van der Waals surface area contributed by atoms with Gasteiger partial charge < -0.3 is 10.0 Å². The monoisotopic (exact) mass is 404 g/mol. The van der Waals surface area contributed by atoms with Crippen molar-refractivity contribution < 1.29 is 14.7 Å². The van der Waals surface area contributed by atoms with Crippen LogP contribution < -0.4 is 0 Å². The molecule has 0 fully saturated rings. The minimum atomic E-state index is -0.481. The van der Waals surface area contributed by atoms with Crippen LogP contribution in [0.15, 0.2) is 70.9 Å². The van der Waals surface area contributed by atoms with Crippen LogP contribution >= 0.6 is 0 Å². The van der Waals surface area contributed by atoms with Gasteiger partial charge in [0, 0.05) is 37.9 Å². The Balaban J connectivity index is 1.60. The minimum Gasteiger partial charge on any atom is -0.511 e. The van der Waals surface area contributed by atoms with E-state index in [9.17, 15) is 14.7 Å². The maximum atomic E-state index is 12.7. The van der Waals surface area contributed by atoms with Crippen molar-refractivity contribution in [1.29, 1.82) is 0 Å². The average Bonchev–Trinajstić information content (AvgIpc) is 2.73. The molecule has 0 radical (unpaired) electrons. The van der Waals surface area contributed by atoms with E-state index in [0.29, 0.717) is 6.54 Å². The molecule has 2 aromatic rings. The van der Waals surface area contributed by atoms with Crippen molar-refractivity contribution in [1.82, 2.24) is 4.90 Å². The van der Waals surface area contributed by atoms with Crippen molar-refractivity contribution in [3.05, 3.63) is 71.5 Å². The molecule has 1 N–H and O–H groups in total. The molecule has 1 aliphatic carbocycles. The zero-order chi connectivity index (χ0) is 21.5. The van der Waals surface area contributed by atoms with Gasteiger partial charge in [-0.05, 0) is 30.8 Å². The molecule has 1 atom stereocenters. The van der Waals surface area contributed by atoms with E-state index < -0.39 is 5.92 Å². The number of hydrogen-bond acceptors (Lipinski definition) is 5. The van der Waals surface area contributed by atoms with Gasteiger partial charge in [0.1, 0.15) is 11.5 Å². The number of nitrogens with zero attached hydrogens (tertiary/aromatic N) is 2. The van der Waals surface area contributed by atoms with Crippen LogP contribution in [0.4, 0.5) is 0 Å². The molecular weight excluding hydrogens is 376 g/mol. The van der Waals surface area contributed by atoms with E-state index >= 15 is 0 Å². The van der Waals surface area contributed by atoms with Crippen molar-refractivity contribution in [2.45, 2.75) is 19.3 Å². The number of rotatable bonds is 8. The van der Waals surface area contributed by atoms with Crippen LogP contribution in [-0.2, 0) is 16.0 Å². The molecule has 1 aliphatic rings. The second-order valence-electron chi connectivity index (χ2n) is 7.93. The third kappa shape index (κ3) is 5.74. The Bertz CT molecular complexity index is 944. The lowest BCUT2D eigenvalue weighted by Crippen LogP contribution is -2.27. The highest BCUT2D eigenvalue weighted by Crippen LogP contribution is 2.27. The first-order valence-corrected chi connectivity index (χ1v) is 10.2. The van der Waals surface area contributed by atoms with E-state index in [-0.39, 0.29) is 42.2 Å². The number of aliphatic hydroxyl groups is 1. The smallest absolute Gasteiger partial charge is 0.168 e. The lowest BCUT2D eigenvalue weighted by molar-refractivity contribution is -0.127. The Labute approximate surface area is 177 Å². The van der Waals surface area contributed by atoms with Gasteiger partial charge in [0.05, 0.1) is 12.1 Å². The molecule has 1 unspecified atom stereocenters. The van der Waals surface area contributed by atoms with Crippen LogP contribution in [-0.4, -0.2) is 55.0 Å². The number of aliphatic imine (C=N–C) groups is 1. The molecule has 0 saturated carbocycles. The Morgan fingerprint density at radius 2 is 1.73 bits per heavy atom. The van der Waals surface area contributed by atoms with Gasteiger partial charge >= 0.3 is 0 Å². The van der Waals surface area contributed by atoms with Crippen molar-refractivity contribution in [3.8, 4) is 11.1 Å². The number of likely N-dealkylation sites (N-methyl/N-ethyl adjacent to an activating group) is 1. The molecule has 156 valence electrons. The largest absolute Gasteiger partial charge is 0.511 e. The molecule has 0 heterocycles. The first-order chi connectivity index (χ1) is 14.4. The van der Waals surface area contributed by atoms with Gasteiger partial charge in [0.2, 0.25) is 0 Å². The van der Waals surface area contributed by atoms with Crippen LogP contribution in [0, 0.1) is 5.92 Å². The molecule has 0 aromatic heterocycles. The maximum Gasteiger partial charge on any atom is 0.168 e. The fourth-order valence-corrected chi connectivity index (χ4v) is 3.49. The highest BCUT2D eigenvalue weighted by atomic mass is 16.3. The third-order valence-corrected chi connectivity index (χ3v) is 5.27. The fraction of sp³-hybridized carbons (Fsp3) is 0.320. The first kappa shape index (κ1) is 21.7. The Morgan fingerprint density at radius 3 is 2.37 bits per heavy atom.